The van der Waals surface area contributed by atoms with Crippen molar-refractivity contribution in [2.45, 2.75) is 50.6 Å². The third kappa shape index (κ3) is 3.76. The van der Waals surface area contributed by atoms with Crippen LogP contribution in [0.25, 0.3) is 0 Å². The fraction of sp³-hybridized carbons (Fsp3) is 0.917. The number of carbonyl (C=O) groups excluding carboxylic acids is 1. The van der Waals surface area contributed by atoms with Crippen LogP contribution in [0.2, 0.25) is 0 Å². The van der Waals surface area contributed by atoms with Gasteiger partial charge in [0.25, 0.3) is 0 Å². The summed E-state index contributed by atoms with van der Waals surface area (Å²) < 4.78 is 5.41. The number of ether oxygens (including phenoxy) is 1. The molecule has 0 radical (unpaired) electrons. The average Bonchev–Trinajstić information content (AvgIpc) is 3.02. The van der Waals surface area contributed by atoms with Gasteiger partial charge in [0.05, 0.1) is 12.1 Å². The van der Waals surface area contributed by atoms with Gasteiger partial charge < -0.3 is 15.4 Å². The molecule has 4 heteroatoms. The number of carbonyl (C=O) groups is 1. The molecule has 2 N–H and O–H groups in total. The predicted molar refractivity (Wildman–Crippen MR) is 62.2 cm³/mol. The zero-order valence-corrected chi connectivity index (χ0v) is 10.1. The molecule has 2 rings (SSSR count). The van der Waals surface area contributed by atoms with Crippen LogP contribution in [0.4, 0.5) is 0 Å². The van der Waals surface area contributed by atoms with Crippen LogP contribution >= 0.6 is 0 Å². The van der Waals surface area contributed by atoms with E-state index in [1.165, 1.54) is 12.8 Å². The first-order chi connectivity index (χ1) is 7.68. The van der Waals surface area contributed by atoms with Crippen LogP contribution < -0.4 is 10.6 Å². The summed E-state index contributed by atoms with van der Waals surface area (Å²) in [5, 5.41) is 6.43. The Balaban J connectivity index is 1.64. The van der Waals surface area contributed by atoms with Gasteiger partial charge in [0, 0.05) is 25.6 Å². The average molecular weight is 226 g/mol. The molecule has 0 aromatic carbocycles. The third-order valence-corrected chi connectivity index (χ3v) is 3.24. The Morgan fingerprint density at radius 2 is 2.31 bits per heavy atom. The Morgan fingerprint density at radius 3 is 2.94 bits per heavy atom. The highest BCUT2D eigenvalue weighted by atomic mass is 16.5. The summed E-state index contributed by atoms with van der Waals surface area (Å²) in [4.78, 5) is 11.7. The second-order valence-corrected chi connectivity index (χ2v) is 5.24. The Bertz CT molecular complexity index is 245. The molecule has 1 atom stereocenters. The molecule has 2 aliphatic rings. The van der Waals surface area contributed by atoms with E-state index >= 15 is 0 Å². The van der Waals surface area contributed by atoms with Crippen LogP contribution in [0.15, 0.2) is 0 Å². The summed E-state index contributed by atoms with van der Waals surface area (Å²) in [6.45, 7) is 4.34. The Morgan fingerprint density at radius 1 is 1.50 bits per heavy atom. The van der Waals surface area contributed by atoms with Crippen molar-refractivity contribution in [1.82, 2.24) is 10.6 Å². The minimum atomic E-state index is -0.144. The van der Waals surface area contributed by atoms with Gasteiger partial charge in [0.1, 0.15) is 0 Å². The summed E-state index contributed by atoms with van der Waals surface area (Å²) in [5.74, 6) is 0.140. The first kappa shape index (κ1) is 11.9. The molecule has 0 aromatic heterocycles. The van der Waals surface area contributed by atoms with Crippen LogP contribution in [-0.4, -0.2) is 37.2 Å². The highest BCUT2D eigenvalue weighted by Gasteiger charge is 2.29. The van der Waals surface area contributed by atoms with Crippen molar-refractivity contribution in [1.29, 1.82) is 0 Å². The third-order valence-electron chi connectivity index (χ3n) is 3.24. The zero-order chi connectivity index (χ0) is 11.4. The molecule has 1 heterocycles. The largest absolute Gasteiger partial charge is 0.379 e. The molecule has 16 heavy (non-hydrogen) atoms. The maximum Gasteiger partial charge on any atom is 0.221 e. The molecule has 1 saturated carbocycles. The molecule has 92 valence electrons. The molecule has 0 aromatic rings. The number of rotatable bonds is 5. The van der Waals surface area contributed by atoms with Crippen molar-refractivity contribution in [3.05, 3.63) is 0 Å². The molecular formula is C12H22N2O2. The van der Waals surface area contributed by atoms with Crippen molar-refractivity contribution in [3.63, 3.8) is 0 Å². The predicted octanol–water partition coefficient (Wildman–Crippen LogP) is 0.814. The molecule has 4 nitrogen and oxygen atoms in total. The summed E-state index contributed by atoms with van der Waals surface area (Å²) in [5.41, 5.74) is -0.144. The molecular weight excluding hydrogens is 204 g/mol. The Hall–Kier alpha value is -0.610. The monoisotopic (exact) mass is 226 g/mol. The fourth-order valence-corrected chi connectivity index (χ4v) is 2.11. The highest BCUT2D eigenvalue weighted by molar-refractivity contribution is 5.77. The van der Waals surface area contributed by atoms with Gasteiger partial charge in [-0.2, -0.15) is 0 Å². The van der Waals surface area contributed by atoms with Gasteiger partial charge in [0.15, 0.2) is 0 Å². The first-order valence-electron chi connectivity index (χ1n) is 6.30. The lowest BCUT2D eigenvalue weighted by Gasteiger charge is -2.34. The maximum absolute atomic E-state index is 11.7. The highest BCUT2D eigenvalue weighted by Crippen LogP contribution is 2.19. The van der Waals surface area contributed by atoms with Gasteiger partial charge >= 0.3 is 0 Å². The van der Waals surface area contributed by atoms with Crippen LogP contribution in [-0.2, 0) is 9.53 Å². The van der Waals surface area contributed by atoms with Gasteiger partial charge in [-0.3, -0.25) is 4.79 Å². The van der Waals surface area contributed by atoms with E-state index < -0.39 is 0 Å². The Kier molecular flexibility index (Phi) is 3.82. The summed E-state index contributed by atoms with van der Waals surface area (Å²) in [7, 11) is 0. The lowest BCUT2D eigenvalue weighted by atomic mass is 9.95. The van der Waals surface area contributed by atoms with E-state index in [-0.39, 0.29) is 11.4 Å². The van der Waals surface area contributed by atoms with Crippen molar-refractivity contribution in [2.75, 3.05) is 19.8 Å². The molecule has 1 saturated heterocycles. The van der Waals surface area contributed by atoms with Crippen LogP contribution in [0.1, 0.15) is 39.0 Å². The number of nitrogens with one attached hydrogen (secondary N) is 2. The normalized spacial score (nSPS) is 30.1. The van der Waals surface area contributed by atoms with Gasteiger partial charge in [-0.15, -0.1) is 0 Å². The van der Waals surface area contributed by atoms with E-state index in [1.54, 1.807) is 0 Å². The standard InChI is InChI=1S/C12H22N2O2/c1-12(6-2-8-16-9-12)14-11(15)5-7-13-10-3-4-10/h10,13H,2-9H2,1H3,(H,14,15). The quantitative estimate of drug-likeness (QED) is 0.729. The molecule has 0 spiro atoms. The molecule has 1 unspecified atom stereocenters. The lowest BCUT2D eigenvalue weighted by Crippen LogP contribution is -2.51. The van der Waals surface area contributed by atoms with Crippen LogP contribution in [0, 0.1) is 0 Å². The summed E-state index contributed by atoms with van der Waals surface area (Å²) >= 11 is 0. The van der Waals surface area contributed by atoms with E-state index in [4.69, 9.17) is 4.74 Å². The molecule has 1 amide bonds. The van der Waals surface area contributed by atoms with Crippen molar-refractivity contribution in [3.8, 4) is 0 Å². The number of hydrogen-bond acceptors (Lipinski definition) is 3. The van der Waals surface area contributed by atoms with Gasteiger partial charge in [-0.05, 0) is 32.6 Å². The fourth-order valence-electron chi connectivity index (χ4n) is 2.11. The summed E-state index contributed by atoms with van der Waals surface area (Å²) in [6, 6.07) is 0.682. The number of hydrogen-bond donors (Lipinski definition) is 2. The lowest BCUT2D eigenvalue weighted by molar-refractivity contribution is -0.124. The van der Waals surface area contributed by atoms with Gasteiger partial charge in [0.2, 0.25) is 5.91 Å². The molecule has 2 fully saturated rings. The molecule has 1 aliphatic heterocycles. The smallest absolute Gasteiger partial charge is 0.221 e. The van der Waals surface area contributed by atoms with Crippen LogP contribution in [0.3, 0.4) is 0 Å². The second-order valence-electron chi connectivity index (χ2n) is 5.24. The van der Waals surface area contributed by atoms with Crippen molar-refractivity contribution >= 4 is 5.91 Å². The topological polar surface area (TPSA) is 50.4 Å². The van der Waals surface area contributed by atoms with Crippen molar-refractivity contribution < 1.29 is 9.53 Å². The molecule has 0 bridgehead atoms. The second kappa shape index (κ2) is 5.15. The van der Waals surface area contributed by atoms with Gasteiger partial charge in [-0.25, -0.2) is 0 Å². The first-order valence-corrected chi connectivity index (χ1v) is 6.30. The van der Waals surface area contributed by atoms with E-state index in [0.29, 0.717) is 19.1 Å². The SMILES string of the molecule is CC1(NC(=O)CCNC2CC2)CCCOC1. The van der Waals surface area contributed by atoms with Crippen molar-refractivity contribution in [2.24, 2.45) is 0 Å². The molecule has 1 aliphatic carbocycles. The van der Waals surface area contributed by atoms with Crippen LogP contribution in [0.5, 0.6) is 0 Å². The summed E-state index contributed by atoms with van der Waals surface area (Å²) in [6.07, 6.45) is 5.18. The van der Waals surface area contributed by atoms with E-state index in [1.807, 2.05) is 0 Å². The van der Waals surface area contributed by atoms with E-state index in [2.05, 4.69) is 17.6 Å². The Labute approximate surface area is 97.1 Å². The maximum atomic E-state index is 11.7. The minimum Gasteiger partial charge on any atom is -0.379 e. The van der Waals surface area contributed by atoms with E-state index in [9.17, 15) is 4.79 Å². The van der Waals surface area contributed by atoms with Gasteiger partial charge in [-0.1, -0.05) is 0 Å². The zero-order valence-electron chi connectivity index (χ0n) is 10.1. The number of amides is 1. The minimum absolute atomic E-state index is 0.140. The van der Waals surface area contributed by atoms with E-state index in [0.717, 1.165) is 26.0 Å².